The molecule has 0 heterocycles. The van der Waals surface area contributed by atoms with Gasteiger partial charge in [-0.2, -0.15) is 13.2 Å². The molecule has 0 fully saturated rings. The second-order valence-electron chi connectivity index (χ2n) is 5.95. The molecule has 0 amide bonds. The lowest BCUT2D eigenvalue weighted by molar-refractivity contribution is -0.125. The van der Waals surface area contributed by atoms with Gasteiger partial charge in [-0.25, -0.2) is 0 Å². The van der Waals surface area contributed by atoms with Gasteiger partial charge in [-0.05, 0) is 30.0 Å². The summed E-state index contributed by atoms with van der Waals surface area (Å²) in [5.74, 6) is 0.666. The van der Waals surface area contributed by atoms with Crippen LogP contribution in [0, 0.1) is 0 Å². The molecular formula is C15H22F3NO. The summed E-state index contributed by atoms with van der Waals surface area (Å²) in [6.07, 6.45) is -4.51. The fraction of sp³-hybridized carbons (Fsp3) is 0.600. The molecule has 0 spiro atoms. The predicted octanol–water partition coefficient (Wildman–Crippen LogP) is 3.90. The molecule has 1 aromatic carbocycles. The molecule has 0 aromatic heterocycles. The van der Waals surface area contributed by atoms with E-state index in [0.29, 0.717) is 5.75 Å². The molecule has 1 aromatic rings. The van der Waals surface area contributed by atoms with Gasteiger partial charge in [0.1, 0.15) is 11.9 Å². The maximum atomic E-state index is 12.0. The van der Waals surface area contributed by atoms with E-state index >= 15 is 0 Å². The molecule has 0 saturated carbocycles. The molecule has 1 rings (SSSR count). The number of hydrogen-bond donors (Lipinski definition) is 1. The highest BCUT2D eigenvalue weighted by Gasteiger charge is 2.26. The summed E-state index contributed by atoms with van der Waals surface area (Å²) >= 11 is 0. The predicted molar refractivity (Wildman–Crippen MR) is 74.2 cm³/mol. The van der Waals surface area contributed by atoms with E-state index in [1.165, 1.54) is 5.56 Å². The summed E-state index contributed by atoms with van der Waals surface area (Å²) in [5.41, 5.74) is 1.26. The molecule has 1 atom stereocenters. The summed E-state index contributed by atoms with van der Waals surface area (Å²) in [6.45, 7) is 7.25. The van der Waals surface area contributed by atoms with E-state index in [1.54, 1.807) is 6.92 Å². The third kappa shape index (κ3) is 6.28. The molecule has 0 aliphatic rings. The molecule has 0 aliphatic heterocycles. The van der Waals surface area contributed by atoms with Gasteiger partial charge >= 0.3 is 6.18 Å². The third-order valence-corrected chi connectivity index (χ3v) is 2.81. The quantitative estimate of drug-likeness (QED) is 0.887. The fourth-order valence-electron chi connectivity index (χ4n) is 1.72. The highest BCUT2D eigenvalue weighted by molar-refractivity contribution is 5.31. The molecule has 20 heavy (non-hydrogen) atoms. The lowest BCUT2D eigenvalue weighted by Gasteiger charge is -2.20. The van der Waals surface area contributed by atoms with Crippen molar-refractivity contribution in [3.05, 3.63) is 29.8 Å². The maximum Gasteiger partial charge on any atom is 0.401 e. The van der Waals surface area contributed by atoms with Gasteiger partial charge in [-0.15, -0.1) is 0 Å². The summed E-state index contributed by atoms with van der Waals surface area (Å²) in [5, 5.41) is 2.33. The smallest absolute Gasteiger partial charge is 0.401 e. The Morgan fingerprint density at radius 3 is 2.10 bits per heavy atom. The number of ether oxygens (including phenoxy) is 1. The van der Waals surface area contributed by atoms with Gasteiger partial charge in [0.15, 0.2) is 0 Å². The monoisotopic (exact) mass is 289 g/mol. The third-order valence-electron chi connectivity index (χ3n) is 2.81. The number of alkyl halides is 3. The highest BCUT2D eigenvalue weighted by atomic mass is 19.4. The summed E-state index contributed by atoms with van der Waals surface area (Å²) in [6, 6.07) is 7.65. The first-order chi connectivity index (χ1) is 9.08. The SMILES string of the molecule is CC(CNCC(F)(F)F)Oc1ccc(C(C)(C)C)cc1. The van der Waals surface area contributed by atoms with Crippen LogP contribution in [-0.4, -0.2) is 25.4 Å². The van der Waals surface area contributed by atoms with Gasteiger partial charge in [0.2, 0.25) is 0 Å². The van der Waals surface area contributed by atoms with Crippen molar-refractivity contribution in [1.82, 2.24) is 5.32 Å². The van der Waals surface area contributed by atoms with Crippen molar-refractivity contribution in [2.45, 2.75) is 45.4 Å². The molecule has 0 radical (unpaired) electrons. The van der Waals surface area contributed by atoms with Gasteiger partial charge in [0, 0.05) is 6.54 Å². The zero-order valence-electron chi connectivity index (χ0n) is 12.3. The van der Waals surface area contributed by atoms with Crippen molar-refractivity contribution < 1.29 is 17.9 Å². The molecule has 114 valence electrons. The van der Waals surface area contributed by atoms with Gasteiger partial charge in [-0.3, -0.25) is 0 Å². The van der Waals surface area contributed by atoms with Crippen molar-refractivity contribution in [2.75, 3.05) is 13.1 Å². The molecule has 0 saturated heterocycles. The van der Waals surface area contributed by atoms with Crippen molar-refractivity contribution in [2.24, 2.45) is 0 Å². The average Bonchev–Trinajstić information content (AvgIpc) is 2.26. The second-order valence-corrected chi connectivity index (χ2v) is 5.95. The van der Waals surface area contributed by atoms with E-state index in [9.17, 15) is 13.2 Å². The van der Waals surface area contributed by atoms with Crippen LogP contribution in [0.4, 0.5) is 13.2 Å². The van der Waals surface area contributed by atoms with Crippen LogP contribution in [0.1, 0.15) is 33.3 Å². The Labute approximate surface area is 118 Å². The zero-order chi connectivity index (χ0) is 15.4. The summed E-state index contributed by atoms with van der Waals surface area (Å²) in [4.78, 5) is 0. The number of nitrogens with one attached hydrogen (secondary N) is 1. The minimum atomic E-state index is -4.19. The van der Waals surface area contributed by atoms with Crippen molar-refractivity contribution in [1.29, 1.82) is 0 Å². The van der Waals surface area contributed by atoms with Gasteiger partial charge in [0.25, 0.3) is 0 Å². The highest BCUT2D eigenvalue weighted by Crippen LogP contribution is 2.24. The largest absolute Gasteiger partial charge is 0.489 e. The van der Waals surface area contributed by atoms with Gasteiger partial charge in [-0.1, -0.05) is 32.9 Å². The summed E-state index contributed by atoms with van der Waals surface area (Å²) < 4.78 is 41.5. The van der Waals surface area contributed by atoms with E-state index in [1.807, 2.05) is 24.3 Å². The molecule has 2 nitrogen and oxygen atoms in total. The Balaban J connectivity index is 2.44. The first kappa shape index (κ1) is 16.8. The Bertz CT molecular complexity index is 407. The molecule has 0 bridgehead atoms. The van der Waals surface area contributed by atoms with Crippen molar-refractivity contribution >= 4 is 0 Å². The van der Waals surface area contributed by atoms with Crippen LogP contribution in [-0.2, 0) is 5.41 Å². The topological polar surface area (TPSA) is 21.3 Å². The van der Waals surface area contributed by atoms with Crippen LogP contribution in [0.2, 0.25) is 0 Å². The number of rotatable bonds is 5. The Kier molecular flexibility index (Phi) is 5.45. The average molecular weight is 289 g/mol. The van der Waals surface area contributed by atoms with Gasteiger partial charge < -0.3 is 10.1 Å². The zero-order valence-corrected chi connectivity index (χ0v) is 12.3. The van der Waals surface area contributed by atoms with Crippen LogP contribution in [0.5, 0.6) is 5.75 Å². The number of halogens is 3. The van der Waals surface area contributed by atoms with Crippen molar-refractivity contribution in [3.8, 4) is 5.75 Å². The lowest BCUT2D eigenvalue weighted by atomic mass is 9.87. The van der Waals surface area contributed by atoms with Crippen LogP contribution < -0.4 is 10.1 Å². The van der Waals surface area contributed by atoms with E-state index in [2.05, 4.69) is 26.1 Å². The molecule has 1 unspecified atom stereocenters. The second kappa shape index (κ2) is 6.48. The number of hydrogen-bond acceptors (Lipinski definition) is 2. The van der Waals surface area contributed by atoms with E-state index in [-0.39, 0.29) is 18.1 Å². The minimum Gasteiger partial charge on any atom is -0.489 e. The standard InChI is InChI=1S/C15H22F3NO/c1-11(9-19-10-15(16,17)18)20-13-7-5-12(6-8-13)14(2,3)4/h5-8,11,19H,9-10H2,1-4H3. The van der Waals surface area contributed by atoms with Crippen LogP contribution in [0.15, 0.2) is 24.3 Å². The normalized spacial score (nSPS) is 14.2. The van der Waals surface area contributed by atoms with E-state index < -0.39 is 12.7 Å². The lowest BCUT2D eigenvalue weighted by Crippen LogP contribution is -2.35. The van der Waals surface area contributed by atoms with Crippen LogP contribution in [0.3, 0.4) is 0 Å². The van der Waals surface area contributed by atoms with E-state index in [0.717, 1.165) is 0 Å². The van der Waals surface area contributed by atoms with Crippen molar-refractivity contribution in [3.63, 3.8) is 0 Å². The van der Waals surface area contributed by atoms with Crippen LogP contribution >= 0.6 is 0 Å². The molecule has 5 heteroatoms. The summed E-state index contributed by atoms with van der Waals surface area (Å²) in [7, 11) is 0. The Morgan fingerprint density at radius 1 is 1.10 bits per heavy atom. The Hall–Kier alpha value is -1.23. The molecule has 0 aliphatic carbocycles. The van der Waals surface area contributed by atoms with E-state index in [4.69, 9.17) is 4.74 Å². The fourth-order valence-corrected chi connectivity index (χ4v) is 1.72. The molecular weight excluding hydrogens is 267 g/mol. The van der Waals surface area contributed by atoms with Gasteiger partial charge in [0.05, 0.1) is 6.54 Å². The van der Waals surface area contributed by atoms with Crippen LogP contribution in [0.25, 0.3) is 0 Å². The number of benzene rings is 1. The minimum absolute atomic E-state index is 0.0679. The molecule has 1 N–H and O–H groups in total. The Morgan fingerprint density at radius 2 is 1.65 bits per heavy atom. The first-order valence-electron chi connectivity index (χ1n) is 6.62. The first-order valence-corrected chi connectivity index (χ1v) is 6.62. The maximum absolute atomic E-state index is 12.0.